The maximum atomic E-state index is 12.5. The number of benzene rings is 2. The Hall–Kier alpha value is -2.53. The third-order valence-corrected chi connectivity index (χ3v) is 4.78. The Morgan fingerprint density at radius 3 is 2.33 bits per heavy atom. The highest BCUT2D eigenvalue weighted by Crippen LogP contribution is 2.34. The highest BCUT2D eigenvalue weighted by Gasteiger charge is 2.34. The fraction of sp³-hybridized carbons (Fsp3) is 0.158. The molecule has 1 N–H and O–H groups in total. The van der Waals surface area contributed by atoms with Crippen LogP contribution in [0.1, 0.15) is 22.3 Å². The number of hydrogen-bond acceptors (Lipinski definition) is 4. The topological polar surface area (TPSA) is 57.6 Å². The lowest BCUT2D eigenvalue weighted by Crippen LogP contribution is -2.27. The van der Waals surface area contributed by atoms with Crippen molar-refractivity contribution < 1.29 is 14.7 Å². The number of imide groups is 1. The highest BCUT2D eigenvalue weighted by atomic mass is 32.2. The predicted molar refractivity (Wildman–Crippen MR) is 95.5 cm³/mol. The monoisotopic (exact) mass is 339 g/mol. The first kappa shape index (κ1) is 16.3. The molecule has 0 aromatic heterocycles. The number of nitrogens with zero attached hydrogens (tertiary/aromatic N) is 1. The van der Waals surface area contributed by atoms with Crippen LogP contribution in [0.15, 0.2) is 47.4 Å². The van der Waals surface area contributed by atoms with Gasteiger partial charge in [0.25, 0.3) is 11.1 Å². The van der Waals surface area contributed by atoms with E-state index in [1.54, 1.807) is 32.1 Å². The van der Waals surface area contributed by atoms with E-state index in [0.29, 0.717) is 4.91 Å². The molecule has 0 aliphatic carbocycles. The zero-order valence-electron chi connectivity index (χ0n) is 13.4. The molecule has 1 aliphatic heterocycles. The molecule has 0 spiro atoms. The molecule has 1 saturated heterocycles. The minimum atomic E-state index is -0.280. The van der Waals surface area contributed by atoms with Crippen LogP contribution >= 0.6 is 11.8 Å². The Kier molecular flexibility index (Phi) is 4.44. The van der Waals surface area contributed by atoms with Gasteiger partial charge in [-0.1, -0.05) is 30.3 Å². The fourth-order valence-corrected chi connectivity index (χ4v) is 3.46. The number of rotatable bonds is 3. The van der Waals surface area contributed by atoms with Crippen molar-refractivity contribution in [3.05, 3.63) is 69.6 Å². The van der Waals surface area contributed by atoms with E-state index in [2.05, 4.69) is 0 Å². The van der Waals surface area contributed by atoms with Crippen LogP contribution in [-0.2, 0) is 11.3 Å². The van der Waals surface area contributed by atoms with Crippen molar-refractivity contribution in [1.29, 1.82) is 0 Å². The van der Waals surface area contributed by atoms with E-state index in [9.17, 15) is 14.7 Å². The Morgan fingerprint density at radius 2 is 1.71 bits per heavy atom. The van der Waals surface area contributed by atoms with Crippen LogP contribution in [0.2, 0.25) is 0 Å². The van der Waals surface area contributed by atoms with E-state index in [4.69, 9.17) is 0 Å². The molecule has 122 valence electrons. The number of aryl methyl sites for hydroxylation is 2. The first-order chi connectivity index (χ1) is 11.5. The summed E-state index contributed by atoms with van der Waals surface area (Å²) in [5.74, 6) is -0.0263. The highest BCUT2D eigenvalue weighted by molar-refractivity contribution is 8.18. The number of phenolic OH excluding ortho intramolecular Hbond substituents is 1. The molecular formula is C19H17NO3S. The third-order valence-electron chi connectivity index (χ3n) is 3.87. The average molecular weight is 339 g/mol. The molecule has 0 atom stereocenters. The molecule has 2 aromatic carbocycles. The first-order valence-corrected chi connectivity index (χ1v) is 8.37. The van der Waals surface area contributed by atoms with Crippen LogP contribution in [0, 0.1) is 13.8 Å². The maximum absolute atomic E-state index is 12.5. The van der Waals surface area contributed by atoms with Gasteiger partial charge in [-0.2, -0.15) is 0 Å². The van der Waals surface area contributed by atoms with Crippen LogP contribution in [-0.4, -0.2) is 21.2 Å². The number of carbonyl (C=O) groups is 2. The van der Waals surface area contributed by atoms with Gasteiger partial charge in [-0.3, -0.25) is 14.5 Å². The molecule has 1 aliphatic rings. The van der Waals surface area contributed by atoms with Crippen molar-refractivity contribution in [1.82, 2.24) is 4.90 Å². The Labute approximate surface area is 144 Å². The molecule has 0 unspecified atom stereocenters. The second-order valence-electron chi connectivity index (χ2n) is 5.76. The van der Waals surface area contributed by atoms with E-state index < -0.39 is 0 Å². The maximum Gasteiger partial charge on any atom is 0.293 e. The molecule has 1 heterocycles. The van der Waals surface area contributed by atoms with Crippen LogP contribution in [0.25, 0.3) is 6.08 Å². The van der Waals surface area contributed by atoms with Crippen molar-refractivity contribution in [2.75, 3.05) is 0 Å². The number of thioether (sulfide) groups is 1. The molecule has 5 heteroatoms. The van der Waals surface area contributed by atoms with Gasteiger partial charge in [0.05, 0.1) is 11.4 Å². The summed E-state index contributed by atoms with van der Waals surface area (Å²) < 4.78 is 0. The molecule has 24 heavy (non-hydrogen) atoms. The van der Waals surface area contributed by atoms with Gasteiger partial charge in [0.2, 0.25) is 0 Å². The van der Waals surface area contributed by atoms with Gasteiger partial charge < -0.3 is 5.11 Å². The van der Waals surface area contributed by atoms with Crippen LogP contribution < -0.4 is 0 Å². The Morgan fingerprint density at radius 1 is 1.08 bits per heavy atom. The van der Waals surface area contributed by atoms with Crippen LogP contribution in [0.4, 0.5) is 4.79 Å². The van der Waals surface area contributed by atoms with Crippen molar-refractivity contribution in [3.8, 4) is 5.75 Å². The third kappa shape index (κ3) is 3.21. The molecule has 0 radical (unpaired) electrons. The van der Waals surface area contributed by atoms with E-state index >= 15 is 0 Å². The van der Waals surface area contributed by atoms with Gasteiger partial charge in [0.15, 0.2) is 0 Å². The largest absolute Gasteiger partial charge is 0.507 e. The minimum Gasteiger partial charge on any atom is -0.507 e. The summed E-state index contributed by atoms with van der Waals surface area (Å²) >= 11 is 0.948. The molecule has 0 bridgehead atoms. The van der Waals surface area contributed by atoms with E-state index in [1.807, 2.05) is 30.3 Å². The molecule has 1 fully saturated rings. The van der Waals surface area contributed by atoms with E-state index in [-0.39, 0.29) is 23.4 Å². The average Bonchev–Trinajstić information content (AvgIpc) is 2.81. The Balaban J connectivity index is 1.86. The lowest BCUT2D eigenvalue weighted by atomic mass is 10.1. The van der Waals surface area contributed by atoms with Gasteiger partial charge >= 0.3 is 0 Å². The number of amides is 2. The number of aromatic hydroxyl groups is 1. The van der Waals surface area contributed by atoms with Gasteiger partial charge in [-0.25, -0.2) is 0 Å². The van der Waals surface area contributed by atoms with Gasteiger partial charge in [-0.05, 0) is 66.1 Å². The fourth-order valence-electron chi connectivity index (χ4n) is 2.63. The van der Waals surface area contributed by atoms with Crippen molar-refractivity contribution in [2.45, 2.75) is 20.4 Å². The predicted octanol–water partition coefficient (Wildman–Crippen LogP) is 4.25. The number of hydrogen-bond donors (Lipinski definition) is 1. The van der Waals surface area contributed by atoms with Crippen molar-refractivity contribution in [3.63, 3.8) is 0 Å². The van der Waals surface area contributed by atoms with Gasteiger partial charge in [-0.15, -0.1) is 0 Å². The second kappa shape index (κ2) is 6.53. The second-order valence-corrected chi connectivity index (χ2v) is 6.75. The summed E-state index contributed by atoms with van der Waals surface area (Å²) in [7, 11) is 0. The number of carbonyl (C=O) groups excluding carboxylic acids is 2. The summed E-state index contributed by atoms with van der Waals surface area (Å²) in [6.45, 7) is 3.89. The lowest BCUT2D eigenvalue weighted by Gasteiger charge is -2.12. The zero-order valence-corrected chi connectivity index (χ0v) is 14.3. The van der Waals surface area contributed by atoms with Gasteiger partial charge in [0, 0.05) is 0 Å². The lowest BCUT2D eigenvalue weighted by molar-refractivity contribution is -0.123. The summed E-state index contributed by atoms with van der Waals surface area (Å²) in [6.07, 6.45) is 1.70. The molecular weight excluding hydrogens is 322 g/mol. The minimum absolute atomic E-state index is 0.254. The molecule has 2 aromatic rings. The van der Waals surface area contributed by atoms with Crippen LogP contribution in [0.5, 0.6) is 5.75 Å². The quantitative estimate of drug-likeness (QED) is 0.850. The summed E-state index contributed by atoms with van der Waals surface area (Å²) in [5, 5.41) is 9.57. The Bertz CT molecular complexity index is 820. The molecule has 0 saturated carbocycles. The zero-order chi connectivity index (χ0) is 17.3. The summed E-state index contributed by atoms with van der Waals surface area (Å²) in [4.78, 5) is 26.4. The molecule has 2 amide bonds. The first-order valence-electron chi connectivity index (χ1n) is 7.55. The normalized spacial score (nSPS) is 16.2. The van der Waals surface area contributed by atoms with Crippen molar-refractivity contribution in [2.24, 2.45) is 0 Å². The summed E-state index contributed by atoms with van der Waals surface area (Å²) in [6, 6.07) is 13.0. The van der Waals surface area contributed by atoms with Gasteiger partial charge in [0.1, 0.15) is 5.75 Å². The smallest absolute Gasteiger partial charge is 0.293 e. The summed E-state index contributed by atoms with van der Waals surface area (Å²) in [5.41, 5.74) is 3.19. The number of phenols is 1. The van der Waals surface area contributed by atoms with Crippen molar-refractivity contribution >= 4 is 29.0 Å². The van der Waals surface area contributed by atoms with E-state index in [0.717, 1.165) is 34.0 Å². The van der Waals surface area contributed by atoms with Crippen LogP contribution in [0.3, 0.4) is 0 Å². The van der Waals surface area contributed by atoms with E-state index in [1.165, 1.54) is 4.90 Å². The molecule has 3 rings (SSSR count). The SMILES string of the molecule is Cc1cc(/C=C2\SC(=O)N(Cc3ccccc3)C2=O)cc(C)c1O. The standard InChI is InChI=1S/C19H17NO3S/c1-12-8-15(9-13(2)17(12)21)10-16-18(22)20(19(23)24-16)11-14-6-4-3-5-7-14/h3-10,21H,11H2,1-2H3/b16-10-. The molecule has 4 nitrogen and oxygen atoms in total.